The Morgan fingerprint density at radius 3 is 2.67 bits per heavy atom. The van der Waals surface area contributed by atoms with Gasteiger partial charge in [0, 0.05) is 19.3 Å². The molecule has 0 radical (unpaired) electrons. The van der Waals surface area contributed by atoms with E-state index in [1.807, 2.05) is 30.3 Å². The molecular weight excluding hydrogens is 410 g/mol. The summed E-state index contributed by atoms with van der Waals surface area (Å²) in [4.78, 5) is 43.4. The first-order chi connectivity index (χ1) is 14.4. The van der Waals surface area contributed by atoms with E-state index in [0.29, 0.717) is 12.1 Å². The molecule has 10 heteroatoms. The Morgan fingerprint density at radius 1 is 1.30 bits per heavy atom. The number of carboxylic acid groups (broad SMARTS) is 2. The lowest BCUT2D eigenvalue weighted by molar-refractivity contribution is -0.148. The number of benzene rings is 1. The fourth-order valence-corrected chi connectivity index (χ4v) is 3.79. The van der Waals surface area contributed by atoms with Gasteiger partial charge in [-0.15, -0.1) is 11.8 Å². The molecule has 0 saturated heterocycles. The van der Waals surface area contributed by atoms with Crippen LogP contribution in [0.15, 0.2) is 59.1 Å². The zero-order valence-corrected chi connectivity index (χ0v) is 17.1. The van der Waals surface area contributed by atoms with Gasteiger partial charge < -0.3 is 15.1 Å². The van der Waals surface area contributed by atoms with Gasteiger partial charge in [-0.1, -0.05) is 48.6 Å². The molecule has 160 valence electrons. The maximum Gasteiger partial charge on any atom is 0.354 e. The predicted molar refractivity (Wildman–Crippen MR) is 113 cm³/mol. The number of hydroxylamine groups is 1. The number of nitrogens with zero attached hydrogens (tertiary/aromatic N) is 1. The van der Waals surface area contributed by atoms with E-state index < -0.39 is 29.3 Å². The first-order valence-electron chi connectivity index (χ1n) is 9.07. The first kappa shape index (κ1) is 23.3. The number of carbonyl (C=O) groups excluding carboxylic acids is 1. The molecule has 0 spiro atoms. The summed E-state index contributed by atoms with van der Waals surface area (Å²) >= 11 is 1.24. The molecule has 30 heavy (non-hydrogen) atoms. The van der Waals surface area contributed by atoms with E-state index in [9.17, 15) is 24.6 Å². The van der Waals surface area contributed by atoms with Crippen LogP contribution in [0.3, 0.4) is 0 Å². The molecule has 0 aliphatic carbocycles. The summed E-state index contributed by atoms with van der Waals surface area (Å²) < 4.78 is 0. The van der Waals surface area contributed by atoms with Crippen molar-refractivity contribution >= 4 is 35.4 Å². The van der Waals surface area contributed by atoms with Gasteiger partial charge in [-0.3, -0.25) is 19.9 Å². The maximum absolute atomic E-state index is 11.7. The van der Waals surface area contributed by atoms with E-state index >= 15 is 0 Å². The third kappa shape index (κ3) is 7.14. The summed E-state index contributed by atoms with van der Waals surface area (Å²) in [7, 11) is 1.47. The highest BCUT2D eigenvalue weighted by atomic mass is 32.2. The number of hydrogen-bond acceptors (Lipinski definition) is 8. The van der Waals surface area contributed by atoms with Crippen molar-refractivity contribution in [1.82, 2.24) is 10.8 Å². The normalized spacial score (nSPS) is 18.8. The van der Waals surface area contributed by atoms with Crippen LogP contribution in [-0.4, -0.2) is 58.0 Å². The summed E-state index contributed by atoms with van der Waals surface area (Å²) in [5.74, 6) is -2.54. The highest BCUT2D eigenvalue weighted by Crippen LogP contribution is 2.27. The van der Waals surface area contributed by atoms with Crippen molar-refractivity contribution in [2.75, 3.05) is 12.8 Å². The number of aliphatic imine (C=N–C) groups is 1. The summed E-state index contributed by atoms with van der Waals surface area (Å²) in [6, 6.07) is 8.26. The molecule has 4 N–H and O–H groups in total. The molecule has 2 unspecified atom stereocenters. The molecule has 1 aliphatic heterocycles. The Labute approximate surface area is 177 Å². The van der Waals surface area contributed by atoms with Gasteiger partial charge in [0.1, 0.15) is 17.1 Å². The van der Waals surface area contributed by atoms with Gasteiger partial charge in [-0.2, -0.15) is 5.48 Å². The second-order valence-electron chi connectivity index (χ2n) is 6.17. The molecule has 2 rings (SSSR count). The van der Waals surface area contributed by atoms with Crippen LogP contribution >= 0.6 is 11.8 Å². The number of thioether (sulfide) groups is 1. The third-order valence-corrected chi connectivity index (χ3v) is 5.22. The van der Waals surface area contributed by atoms with Crippen LogP contribution in [0.2, 0.25) is 0 Å². The molecule has 2 atom stereocenters. The van der Waals surface area contributed by atoms with Crippen LogP contribution < -0.4 is 10.8 Å². The molecule has 0 amide bonds. The van der Waals surface area contributed by atoms with E-state index in [2.05, 4.69) is 20.6 Å². The summed E-state index contributed by atoms with van der Waals surface area (Å²) in [6.07, 6.45) is 4.65. The standard InChI is InChI=1S/C20H23N3O6S/c1-21-29-15(24)10-6-5-9-14-12-30-18(23-16(14)19(25)26)17(20(27)28)22-11-13-7-3-2-4-8-13/h2-9,17-18,21-22H,10-12H2,1H3,(H,25,26)(H,27,28)/b6-5+,14-9+. The lowest BCUT2D eigenvalue weighted by atomic mass is 10.1. The second kappa shape index (κ2) is 11.9. The SMILES string of the molecule is CNOC(=O)C/C=C/C=C1\CSC(C(NCc2ccccc2)C(=O)O)N=C1C(=O)O. The quantitative estimate of drug-likeness (QED) is 0.403. The monoisotopic (exact) mass is 433 g/mol. The minimum atomic E-state index is -1.23. The molecular formula is C20H23N3O6S. The predicted octanol–water partition coefficient (Wildman–Crippen LogP) is 1.38. The van der Waals surface area contributed by atoms with Crippen molar-refractivity contribution in [1.29, 1.82) is 0 Å². The van der Waals surface area contributed by atoms with E-state index in [0.717, 1.165) is 5.56 Å². The summed E-state index contributed by atoms with van der Waals surface area (Å²) in [6.45, 7) is 0.320. The molecule has 0 fully saturated rings. The number of nitrogens with one attached hydrogen (secondary N) is 2. The Kier molecular flexibility index (Phi) is 9.26. The van der Waals surface area contributed by atoms with Crippen molar-refractivity contribution in [3.05, 3.63) is 59.7 Å². The van der Waals surface area contributed by atoms with Crippen LogP contribution in [0.5, 0.6) is 0 Å². The Bertz CT molecular complexity index is 853. The smallest absolute Gasteiger partial charge is 0.354 e. The van der Waals surface area contributed by atoms with Gasteiger partial charge in [0.15, 0.2) is 0 Å². The maximum atomic E-state index is 11.7. The van der Waals surface area contributed by atoms with Crippen LogP contribution in [0, 0.1) is 0 Å². The van der Waals surface area contributed by atoms with Crippen molar-refractivity contribution in [3.63, 3.8) is 0 Å². The van der Waals surface area contributed by atoms with Gasteiger partial charge in [-0.25, -0.2) is 4.79 Å². The van der Waals surface area contributed by atoms with E-state index in [1.165, 1.54) is 24.9 Å². The van der Waals surface area contributed by atoms with Crippen LogP contribution in [-0.2, 0) is 25.8 Å². The minimum absolute atomic E-state index is 0.0183. The molecule has 1 heterocycles. The zero-order chi connectivity index (χ0) is 21.9. The minimum Gasteiger partial charge on any atom is -0.480 e. The fourth-order valence-electron chi connectivity index (χ4n) is 2.62. The highest BCUT2D eigenvalue weighted by Gasteiger charge is 2.33. The number of rotatable bonds is 10. The summed E-state index contributed by atoms with van der Waals surface area (Å²) in [5, 5.41) is 21.3. The molecule has 9 nitrogen and oxygen atoms in total. The van der Waals surface area contributed by atoms with E-state index in [-0.39, 0.29) is 17.9 Å². The Hall–Kier alpha value is -2.95. The lowest BCUT2D eigenvalue weighted by Crippen LogP contribution is -2.45. The van der Waals surface area contributed by atoms with E-state index in [1.54, 1.807) is 12.2 Å². The molecule has 1 aromatic rings. The Balaban J connectivity index is 2.11. The lowest BCUT2D eigenvalue weighted by Gasteiger charge is -2.26. The van der Waals surface area contributed by atoms with Crippen molar-refractivity contribution in [2.45, 2.75) is 24.4 Å². The van der Waals surface area contributed by atoms with Gasteiger partial charge >= 0.3 is 17.9 Å². The van der Waals surface area contributed by atoms with Gasteiger partial charge in [-0.05, 0) is 11.1 Å². The number of carbonyl (C=O) groups is 3. The van der Waals surface area contributed by atoms with Crippen LogP contribution in [0.1, 0.15) is 12.0 Å². The average Bonchev–Trinajstić information content (AvgIpc) is 2.72. The number of aliphatic carboxylic acids is 2. The molecule has 0 aromatic heterocycles. The Morgan fingerprint density at radius 2 is 2.03 bits per heavy atom. The summed E-state index contributed by atoms with van der Waals surface area (Å²) in [5.41, 5.74) is 3.44. The fraction of sp³-hybridized carbons (Fsp3) is 0.300. The number of hydrogen-bond donors (Lipinski definition) is 4. The van der Waals surface area contributed by atoms with Crippen LogP contribution in [0.25, 0.3) is 0 Å². The molecule has 0 bridgehead atoms. The van der Waals surface area contributed by atoms with Gasteiger partial charge in [0.2, 0.25) is 0 Å². The van der Waals surface area contributed by atoms with Crippen molar-refractivity contribution in [3.8, 4) is 0 Å². The largest absolute Gasteiger partial charge is 0.480 e. The van der Waals surface area contributed by atoms with Crippen LogP contribution in [0.4, 0.5) is 0 Å². The molecule has 1 aromatic carbocycles. The molecule has 0 saturated carbocycles. The molecule has 1 aliphatic rings. The second-order valence-corrected chi connectivity index (χ2v) is 7.27. The zero-order valence-electron chi connectivity index (χ0n) is 16.3. The van der Waals surface area contributed by atoms with Crippen molar-refractivity contribution in [2.24, 2.45) is 4.99 Å². The van der Waals surface area contributed by atoms with Crippen molar-refractivity contribution < 1.29 is 29.4 Å². The highest BCUT2D eigenvalue weighted by molar-refractivity contribution is 8.00. The van der Waals surface area contributed by atoms with Gasteiger partial charge in [0.05, 0.1) is 6.42 Å². The number of carboxylic acids is 2. The average molecular weight is 433 g/mol. The number of allylic oxidation sites excluding steroid dienone is 2. The topological polar surface area (TPSA) is 137 Å². The van der Waals surface area contributed by atoms with E-state index in [4.69, 9.17) is 0 Å². The first-order valence-corrected chi connectivity index (χ1v) is 10.1. The van der Waals surface area contributed by atoms with Gasteiger partial charge in [0.25, 0.3) is 0 Å². The third-order valence-electron chi connectivity index (χ3n) is 4.03.